The zero-order chi connectivity index (χ0) is 14.0. The topological polar surface area (TPSA) is 60.9 Å². The van der Waals surface area contributed by atoms with Gasteiger partial charge in [-0.3, -0.25) is 9.48 Å². The van der Waals surface area contributed by atoms with Crippen molar-refractivity contribution in [1.82, 2.24) is 9.78 Å². The van der Waals surface area contributed by atoms with Gasteiger partial charge in [0, 0.05) is 18.0 Å². The van der Waals surface area contributed by atoms with Crippen molar-refractivity contribution in [3.05, 3.63) is 16.9 Å². The lowest BCUT2D eigenvalue weighted by atomic mass is 9.89. The second kappa shape index (κ2) is 6.06. The summed E-state index contributed by atoms with van der Waals surface area (Å²) in [5.41, 5.74) is 6.70. The molecule has 2 N–H and O–H groups in total. The molecule has 1 aromatic heterocycles. The van der Waals surface area contributed by atoms with E-state index in [2.05, 4.69) is 5.10 Å². The molecule has 5 heteroatoms. The van der Waals surface area contributed by atoms with Crippen molar-refractivity contribution in [2.24, 2.45) is 11.7 Å². The molecule has 2 rings (SSSR count). The van der Waals surface area contributed by atoms with Gasteiger partial charge >= 0.3 is 0 Å². The summed E-state index contributed by atoms with van der Waals surface area (Å²) in [6, 6.07) is 0.0648. The molecule has 2 unspecified atom stereocenters. The number of hydrogen-bond acceptors (Lipinski definition) is 3. The fourth-order valence-corrected chi connectivity index (χ4v) is 3.02. The maximum atomic E-state index is 12.7. The van der Waals surface area contributed by atoms with E-state index in [1.54, 1.807) is 10.9 Å². The molecule has 1 saturated carbocycles. The molecule has 0 radical (unpaired) electrons. The summed E-state index contributed by atoms with van der Waals surface area (Å²) < 4.78 is 1.71. The van der Waals surface area contributed by atoms with Crippen LogP contribution in [0.4, 0.5) is 0 Å². The molecular formula is C14H22ClN3O. The fraction of sp³-hybridized carbons (Fsp3) is 0.714. The lowest BCUT2D eigenvalue weighted by Crippen LogP contribution is -2.35. The Hall–Kier alpha value is -0.870. The quantitative estimate of drug-likeness (QED) is 0.684. The van der Waals surface area contributed by atoms with Gasteiger partial charge in [-0.05, 0) is 26.7 Å². The monoisotopic (exact) mass is 283 g/mol. The highest BCUT2D eigenvalue weighted by Crippen LogP contribution is 2.29. The lowest BCUT2D eigenvalue weighted by molar-refractivity contribution is 0.0881. The van der Waals surface area contributed by atoms with Crippen molar-refractivity contribution in [3.63, 3.8) is 0 Å². The smallest absolute Gasteiger partial charge is 0.187 e. The normalized spacial score (nSPS) is 24.5. The van der Waals surface area contributed by atoms with Crippen molar-refractivity contribution in [2.45, 2.75) is 58.0 Å². The highest BCUT2D eigenvalue weighted by Gasteiger charge is 2.31. The Bertz CT molecular complexity index is 456. The first-order valence-corrected chi connectivity index (χ1v) is 7.43. The molecule has 0 saturated heterocycles. The van der Waals surface area contributed by atoms with Crippen LogP contribution in [0.2, 0.25) is 5.02 Å². The molecule has 0 amide bonds. The largest absolute Gasteiger partial charge is 0.327 e. The number of aromatic nitrogens is 2. The van der Waals surface area contributed by atoms with Crippen LogP contribution in [0.5, 0.6) is 0 Å². The van der Waals surface area contributed by atoms with Crippen molar-refractivity contribution in [2.75, 3.05) is 0 Å². The van der Waals surface area contributed by atoms with Crippen molar-refractivity contribution < 1.29 is 4.79 Å². The van der Waals surface area contributed by atoms with Crippen molar-refractivity contribution >= 4 is 17.4 Å². The summed E-state index contributed by atoms with van der Waals surface area (Å²) in [4.78, 5) is 12.7. The first-order chi connectivity index (χ1) is 9.02. The van der Waals surface area contributed by atoms with Crippen molar-refractivity contribution in [3.8, 4) is 0 Å². The van der Waals surface area contributed by atoms with Gasteiger partial charge in [0.25, 0.3) is 0 Å². The molecule has 0 aliphatic heterocycles. The molecule has 19 heavy (non-hydrogen) atoms. The van der Waals surface area contributed by atoms with Gasteiger partial charge in [-0.25, -0.2) is 0 Å². The minimum absolute atomic E-state index is 0.0541. The third kappa shape index (κ3) is 3.00. The maximum absolute atomic E-state index is 12.7. The van der Waals surface area contributed by atoms with Crippen LogP contribution in [0.3, 0.4) is 0 Å². The van der Waals surface area contributed by atoms with Crippen LogP contribution in [0.1, 0.15) is 62.5 Å². The molecule has 2 atom stereocenters. The van der Waals surface area contributed by atoms with Crippen LogP contribution in [0.15, 0.2) is 6.20 Å². The molecule has 0 spiro atoms. The first-order valence-electron chi connectivity index (χ1n) is 7.05. The van der Waals surface area contributed by atoms with E-state index >= 15 is 0 Å². The van der Waals surface area contributed by atoms with Gasteiger partial charge in [0.1, 0.15) is 5.69 Å². The van der Waals surface area contributed by atoms with E-state index in [0.717, 1.165) is 32.1 Å². The number of carbonyl (C=O) groups is 1. The predicted molar refractivity (Wildman–Crippen MR) is 76.5 cm³/mol. The van der Waals surface area contributed by atoms with E-state index < -0.39 is 0 Å². The van der Waals surface area contributed by atoms with Gasteiger partial charge < -0.3 is 5.73 Å². The standard InChI is InChI=1S/C14H22ClN3O/c1-9(2)18-13(11(15)8-17-18)14(19)10-6-4-3-5-7-12(10)16/h8-10,12H,3-7,16H2,1-2H3. The zero-order valence-corrected chi connectivity index (χ0v) is 12.4. The minimum Gasteiger partial charge on any atom is -0.327 e. The number of rotatable bonds is 3. The van der Waals surface area contributed by atoms with Gasteiger partial charge in [-0.2, -0.15) is 5.10 Å². The van der Waals surface area contributed by atoms with Gasteiger partial charge in [0.05, 0.1) is 11.2 Å². The summed E-state index contributed by atoms with van der Waals surface area (Å²) in [6.45, 7) is 3.99. The molecule has 0 bridgehead atoms. The van der Waals surface area contributed by atoms with Crippen LogP contribution in [0, 0.1) is 5.92 Å². The lowest BCUT2D eigenvalue weighted by Gasteiger charge is -2.21. The third-order valence-electron chi connectivity index (χ3n) is 3.88. The SMILES string of the molecule is CC(C)n1ncc(Cl)c1C(=O)C1CCCCCC1N. The van der Waals surface area contributed by atoms with E-state index in [4.69, 9.17) is 17.3 Å². The van der Waals surface area contributed by atoms with Crippen LogP contribution >= 0.6 is 11.6 Å². The number of nitrogens with two attached hydrogens (primary N) is 1. The molecule has 0 aromatic carbocycles. The second-order valence-electron chi connectivity index (χ2n) is 5.65. The van der Waals surface area contributed by atoms with Gasteiger partial charge in [-0.15, -0.1) is 0 Å². The third-order valence-corrected chi connectivity index (χ3v) is 4.16. The van der Waals surface area contributed by atoms with E-state index in [1.165, 1.54) is 0 Å². The van der Waals surface area contributed by atoms with Gasteiger partial charge in [0.2, 0.25) is 0 Å². The number of nitrogens with zero attached hydrogens (tertiary/aromatic N) is 2. The number of Topliss-reactive ketones (excluding diaryl/α,β-unsaturated/α-hetero) is 1. The summed E-state index contributed by atoms with van der Waals surface area (Å²) in [5, 5.41) is 4.64. The molecule has 1 aliphatic carbocycles. The Morgan fingerprint density at radius 2 is 2.11 bits per heavy atom. The Balaban J connectivity index is 2.30. The van der Waals surface area contributed by atoms with Crippen LogP contribution in [-0.4, -0.2) is 21.6 Å². The predicted octanol–water partition coefficient (Wildman–Crippen LogP) is 3.21. The van der Waals surface area contributed by atoms with Gasteiger partial charge in [0.15, 0.2) is 5.78 Å². The van der Waals surface area contributed by atoms with E-state index in [0.29, 0.717) is 10.7 Å². The average Bonchev–Trinajstić information content (AvgIpc) is 2.61. The molecule has 4 nitrogen and oxygen atoms in total. The minimum atomic E-state index is -0.116. The Morgan fingerprint density at radius 1 is 1.42 bits per heavy atom. The molecule has 106 valence electrons. The first kappa shape index (κ1) is 14.5. The second-order valence-corrected chi connectivity index (χ2v) is 6.06. The van der Waals surface area contributed by atoms with E-state index in [-0.39, 0.29) is 23.8 Å². The van der Waals surface area contributed by atoms with E-state index in [9.17, 15) is 4.79 Å². The van der Waals surface area contributed by atoms with Crippen LogP contribution in [0.25, 0.3) is 0 Å². The summed E-state index contributed by atoms with van der Waals surface area (Å²) in [7, 11) is 0. The summed E-state index contributed by atoms with van der Waals surface area (Å²) in [5.74, 6) is -0.0557. The molecule has 1 aromatic rings. The molecule has 1 aliphatic rings. The number of halogens is 1. The Kier molecular flexibility index (Phi) is 4.63. The molecule has 1 heterocycles. The Labute approximate surface area is 119 Å². The van der Waals surface area contributed by atoms with Crippen LogP contribution < -0.4 is 5.73 Å². The highest BCUT2D eigenvalue weighted by atomic mass is 35.5. The zero-order valence-electron chi connectivity index (χ0n) is 11.6. The molecular weight excluding hydrogens is 262 g/mol. The van der Waals surface area contributed by atoms with Gasteiger partial charge in [-0.1, -0.05) is 30.9 Å². The summed E-state index contributed by atoms with van der Waals surface area (Å²) in [6.07, 6.45) is 6.68. The summed E-state index contributed by atoms with van der Waals surface area (Å²) >= 11 is 6.15. The van der Waals surface area contributed by atoms with Crippen molar-refractivity contribution in [1.29, 1.82) is 0 Å². The fourth-order valence-electron chi connectivity index (χ4n) is 2.80. The number of carbonyl (C=O) groups excluding carboxylic acids is 1. The number of hydrogen-bond donors (Lipinski definition) is 1. The molecule has 1 fully saturated rings. The maximum Gasteiger partial charge on any atom is 0.187 e. The highest BCUT2D eigenvalue weighted by molar-refractivity contribution is 6.33. The average molecular weight is 284 g/mol. The Morgan fingerprint density at radius 3 is 2.79 bits per heavy atom. The van der Waals surface area contributed by atoms with E-state index in [1.807, 2.05) is 13.8 Å². The number of ketones is 1. The van der Waals surface area contributed by atoms with Crippen LogP contribution in [-0.2, 0) is 0 Å².